The van der Waals surface area contributed by atoms with E-state index in [9.17, 15) is 4.79 Å². The Kier molecular flexibility index (Phi) is 7.13. The highest BCUT2D eigenvalue weighted by atomic mass is 16.1. The lowest BCUT2D eigenvalue weighted by molar-refractivity contribution is -0.901. The molecule has 4 nitrogen and oxygen atoms in total. The average Bonchev–Trinajstić information content (AvgIpc) is 3.30. The molecular weight excluding hydrogens is 382 g/mol. The Bertz CT molecular complexity index is 962. The van der Waals surface area contributed by atoms with Crippen molar-refractivity contribution < 1.29 is 15.0 Å². The van der Waals surface area contributed by atoms with E-state index in [4.69, 9.17) is 0 Å². The molecule has 3 aromatic carbocycles. The largest absolute Gasteiger partial charge is 0.331 e. The van der Waals surface area contributed by atoms with Gasteiger partial charge in [0.05, 0.1) is 13.1 Å². The van der Waals surface area contributed by atoms with Crippen molar-refractivity contribution in [1.29, 1.82) is 0 Å². The SMILES string of the molecule is Cc1ccc([C@@H]([NH2+]CC(=O)Nc2ccc(C[NH+]3CCCC3)cc2)c2ccccc2)cc1. The second kappa shape index (κ2) is 10.4. The minimum absolute atomic E-state index is 0.0194. The number of carbonyl (C=O) groups is 1. The van der Waals surface area contributed by atoms with Crippen LogP contribution in [0, 0.1) is 6.92 Å². The summed E-state index contributed by atoms with van der Waals surface area (Å²) < 4.78 is 0. The van der Waals surface area contributed by atoms with Gasteiger partial charge in [0.1, 0.15) is 12.6 Å². The highest BCUT2D eigenvalue weighted by Crippen LogP contribution is 2.18. The number of aryl methyl sites for hydroxylation is 1. The second-order valence-electron chi connectivity index (χ2n) is 8.62. The van der Waals surface area contributed by atoms with Crippen LogP contribution in [0.25, 0.3) is 0 Å². The van der Waals surface area contributed by atoms with Crippen molar-refractivity contribution in [3.63, 3.8) is 0 Å². The third kappa shape index (κ3) is 6.03. The zero-order valence-corrected chi connectivity index (χ0v) is 18.3. The van der Waals surface area contributed by atoms with Gasteiger partial charge in [-0.1, -0.05) is 72.3 Å². The zero-order valence-electron chi connectivity index (χ0n) is 18.3. The van der Waals surface area contributed by atoms with E-state index >= 15 is 0 Å². The van der Waals surface area contributed by atoms with Crippen LogP contribution < -0.4 is 15.5 Å². The number of rotatable bonds is 8. The standard InChI is InChI=1S/C27H31N3O/c1-21-9-13-24(14-10-21)27(23-7-3-2-4-8-23)28-19-26(31)29-25-15-11-22(12-16-25)20-30-17-5-6-18-30/h2-4,7-16,27-28H,5-6,17-20H2,1H3,(H,29,31)/p+2/t27-/m0/s1. The number of hydrogen-bond acceptors (Lipinski definition) is 1. The number of anilines is 1. The van der Waals surface area contributed by atoms with Gasteiger partial charge in [-0.05, 0) is 19.1 Å². The van der Waals surface area contributed by atoms with E-state index in [2.05, 4.69) is 78.2 Å². The fourth-order valence-corrected chi connectivity index (χ4v) is 4.38. The van der Waals surface area contributed by atoms with E-state index in [1.54, 1.807) is 4.90 Å². The minimum atomic E-state index is 0.0194. The van der Waals surface area contributed by atoms with Gasteiger partial charge in [-0.15, -0.1) is 0 Å². The predicted molar refractivity (Wildman–Crippen MR) is 125 cm³/mol. The van der Waals surface area contributed by atoms with E-state index in [0.29, 0.717) is 6.54 Å². The normalized spacial score (nSPS) is 15.0. The molecule has 3 aromatic rings. The zero-order chi connectivity index (χ0) is 21.5. The van der Waals surface area contributed by atoms with Gasteiger partial charge in [0.15, 0.2) is 6.54 Å². The summed E-state index contributed by atoms with van der Waals surface area (Å²) in [6.45, 7) is 6.09. The van der Waals surface area contributed by atoms with Crippen molar-refractivity contribution in [1.82, 2.24) is 0 Å². The minimum Gasteiger partial charge on any atom is -0.331 e. The lowest BCUT2D eigenvalue weighted by atomic mass is 9.98. The number of quaternary nitrogens is 2. The molecule has 4 rings (SSSR count). The molecule has 160 valence electrons. The number of likely N-dealkylation sites (tertiary alicyclic amines) is 1. The van der Waals surface area contributed by atoms with Crippen molar-refractivity contribution in [2.24, 2.45) is 0 Å². The third-order valence-electron chi connectivity index (χ3n) is 6.14. The molecular formula is C27H33N3O+2. The predicted octanol–water partition coefficient (Wildman–Crippen LogP) is 2.47. The lowest BCUT2D eigenvalue weighted by Crippen LogP contribution is -3.08. The monoisotopic (exact) mass is 415 g/mol. The molecule has 4 N–H and O–H groups in total. The first kappa shape index (κ1) is 21.3. The molecule has 1 saturated heterocycles. The van der Waals surface area contributed by atoms with Crippen LogP contribution in [0.15, 0.2) is 78.9 Å². The number of amides is 1. The summed E-state index contributed by atoms with van der Waals surface area (Å²) in [5.41, 5.74) is 5.85. The van der Waals surface area contributed by atoms with E-state index in [1.807, 2.05) is 18.2 Å². The quantitative estimate of drug-likeness (QED) is 0.520. The van der Waals surface area contributed by atoms with Crippen LogP contribution >= 0.6 is 0 Å². The highest BCUT2D eigenvalue weighted by Gasteiger charge is 2.19. The molecule has 0 radical (unpaired) electrons. The van der Waals surface area contributed by atoms with Crippen LogP contribution in [0.3, 0.4) is 0 Å². The smallest absolute Gasteiger partial charge is 0.279 e. The van der Waals surface area contributed by atoms with Crippen molar-refractivity contribution in [2.45, 2.75) is 32.4 Å². The summed E-state index contributed by atoms with van der Waals surface area (Å²) >= 11 is 0. The first-order valence-corrected chi connectivity index (χ1v) is 11.3. The summed E-state index contributed by atoms with van der Waals surface area (Å²) in [6.07, 6.45) is 2.68. The molecule has 1 aliphatic rings. The summed E-state index contributed by atoms with van der Waals surface area (Å²) in [4.78, 5) is 14.3. The molecule has 31 heavy (non-hydrogen) atoms. The molecule has 1 aliphatic heterocycles. The van der Waals surface area contributed by atoms with Gasteiger partial charge in [0.25, 0.3) is 5.91 Å². The van der Waals surface area contributed by atoms with Crippen LogP contribution in [0.2, 0.25) is 0 Å². The summed E-state index contributed by atoms with van der Waals surface area (Å²) in [6, 6.07) is 27.4. The van der Waals surface area contributed by atoms with Gasteiger partial charge in [-0.3, -0.25) is 4.79 Å². The Labute approximate surface area is 185 Å². The molecule has 1 fully saturated rings. The maximum absolute atomic E-state index is 12.7. The van der Waals surface area contributed by atoms with Gasteiger partial charge >= 0.3 is 0 Å². The van der Waals surface area contributed by atoms with Crippen molar-refractivity contribution in [3.8, 4) is 0 Å². The Morgan fingerprint density at radius 1 is 0.903 bits per heavy atom. The molecule has 0 bridgehead atoms. The van der Waals surface area contributed by atoms with Crippen molar-refractivity contribution in [2.75, 3.05) is 25.0 Å². The molecule has 0 spiro atoms. The van der Waals surface area contributed by atoms with E-state index < -0.39 is 0 Å². The average molecular weight is 416 g/mol. The highest BCUT2D eigenvalue weighted by molar-refractivity contribution is 5.91. The summed E-state index contributed by atoms with van der Waals surface area (Å²) in [5, 5.41) is 5.16. The van der Waals surface area contributed by atoms with Crippen LogP contribution in [-0.4, -0.2) is 25.5 Å². The first-order valence-electron chi connectivity index (χ1n) is 11.3. The van der Waals surface area contributed by atoms with Gasteiger partial charge in [0.2, 0.25) is 0 Å². The van der Waals surface area contributed by atoms with Crippen LogP contribution in [0.5, 0.6) is 0 Å². The molecule has 0 unspecified atom stereocenters. The van der Waals surface area contributed by atoms with Gasteiger partial charge in [-0.25, -0.2) is 0 Å². The Morgan fingerprint density at radius 2 is 1.55 bits per heavy atom. The Hall–Kier alpha value is -2.95. The topological polar surface area (TPSA) is 50.1 Å². The van der Waals surface area contributed by atoms with E-state index in [-0.39, 0.29) is 11.9 Å². The molecule has 0 aromatic heterocycles. The molecule has 0 aliphatic carbocycles. The molecule has 4 heteroatoms. The molecule has 0 saturated carbocycles. The third-order valence-corrected chi connectivity index (χ3v) is 6.14. The number of benzene rings is 3. The molecule has 1 atom stereocenters. The van der Waals surface area contributed by atoms with E-state index in [1.165, 1.54) is 48.2 Å². The second-order valence-corrected chi connectivity index (χ2v) is 8.62. The van der Waals surface area contributed by atoms with Gasteiger partial charge in [-0.2, -0.15) is 0 Å². The van der Waals surface area contributed by atoms with Crippen molar-refractivity contribution >= 4 is 11.6 Å². The van der Waals surface area contributed by atoms with Crippen molar-refractivity contribution in [3.05, 3.63) is 101 Å². The first-order chi connectivity index (χ1) is 15.2. The van der Waals surface area contributed by atoms with Gasteiger partial charge in [0, 0.05) is 35.2 Å². The fourth-order valence-electron chi connectivity index (χ4n) is 4.38. The molecule has 1 amide bonds. The Morgan fingerprint density at radius 3 is 2.23 bits per heavy atom. The van der Waals surface area contributed by atoms with Crippen LogP contribution in [0.4, 0.5) is 5.69 Å². The Balaban J connectivity index is 1.35. The number of hydrogen-bond donors (Lipinski definition) is 3. The maximum Gasteiger partial charge on any atom is 0.279 e. The number of nitrogens with two attached hydrogens (primary N) is 1. The van der Waals surface area contributed by atoms with Crippen LogP contribution in [-0.2, 0) is 11.3 Å². The number of carbonyl (C=O) groups excluding carboxylic acids is 1. The summed E-state index contributed by atoms with van der Waals surface area (Å²) in [5.74, 6) is 0.0194. The molecule has 1 heterocycles. The number of nitrogens with one attached hydrogen (secondary N) is 2. The lowest BCUT2D eigenvalue weighted by Gasteiger charge is -2.17. The van der Waals surface area contributed by atoms with Crippen LogP contribution in [0.1, 0.15) is 41.1 Å². The van der Waals surface area contributed by atoms with E-state index in [0.717, 1.165) is 12.2 Å². The summed E-state index contributed by atoms with van der Waals surface area (Å²) in [7, 11) is 0. The fraction of sp³-hybridized carbons (Fsp3) is 0.296. The maximum atomic E-state index is 12.7. The van der Waals surface area contributed by atoms with Gasteiger partial charge < -0.3 is 15.5 Å².